The number of anilines is 1. The Hall–Kier alpha value is -1.99. The summed E-state index contributed by atoms with van der Waals surface area (Å²) >= 11 is 0. The van der Waals surface area contributed by atoms with Gasteiger partial charge < -0.3 is 14.4 Å². The van der Waals surface area contributed by atoms with Crippen LogP contribution in [0.25, 0.3) is 0 Å². The van der Waals surface area contributed by atoms with Crippen molar-refractivity contribution in [2.45, 2.75) is 37.5 Å². The lowest BCUT2D eigenvalue weighted by atomic mass is 10.0. The Bertz CT molecular complexity index is 662. The summed E-state index contributed by atoms with van der Waals surface area (Å²) in [6, 6.07) is 5.19. The summed E-state index contributed by atoms with van der Waals surface area (Å²) in [5.74, 6) is -1.04. The van der Waals surface area contributed by atoms with Gasteiger partial charge in [-0.05, 0) is 30.7 Å². The summed E-state index contributed by atoms with van der Waals surface area (Å²) in [5.41, 5.74) is 0.568. The molecule has 134 valence electrons. The van der Waals surface area contributed by atoms with Crippen molar-refractivity contribution in [3.8, 4) is 0 Å². The zero-order valence-corrected chi connectivity index (χ0v) is 13.9. The number of nitrogens with zero attached hydrogens (tertiary/aromatic N) is 2. The zero-order valence-electron chi connectivity index (χ0n) is 13.9. The molecule has 3 heterocycles. The van der Waals surface area contributed by atoms with Gasteiger partial charge in [-0.2, -0.15) is 0 Å². The molecule has 1 unspecified atom stereocenters. The number of hydrogen-bond donors (Lipinski definition) is 0. The van der Waals surface area contributed by atoms with Gasteiger partial charge in [0.1, 0.15) is 11.9 Å². The third-order valence-electron chi connectivity index (χ3n) is 5.25. The fourth-order valence-corrected chi connectivity index (χ4v) is 3.91. The maximum atomic E-state index is 13.2. The first-order valence-electron chi connectivity index (χ1n) is 8.72. The van der Waals surface area contributed by atoms with Gasteiger partial charge in [0.25, 0.3) is 0 Å². The minimum atomic E-state index is -0.529. The van der Waals surface area contributed by atoms with Crippen molar-refractivity contribution >= 4 is 17.5 Å². The van der Waals surface area contributed by atoms with Crippen molar-refractivity contribution in [1.29, 1.82) is 0 Å². The number of benzene rings is 1. The van der Waals surface area contributed by atoms with Crippen LogP contribution in [0.5, 0.6) is 0 Å². The molecular formula is C18H21FN2O4. The van der Waals surface area contributed by atoms with E-state index in [-0.39, 0.29) is 17.6 Å². The van der Waals surface area contributed by atoms with E-state index < -0.39 is 11.8 Å². The lowest BCUT2D eigenvalue weighted by molar-refractivity contribution is -0.187. The molecule has 1 spiro atoms. The number of piperidine rings is 1. The molecule has 0 saturated carbocycles. The van der Waals surface area contributed by atoms with Gasteiger partial charge in [-0.25, -0.2) is 4.39 Å². The monoisotopic (exact) mass is 348 g/mol. The van der Waals surface area contributed by atoms with Crippen molar-refractivity contribution in [1.82, 2.24) is 4.90 Å². The first-order chi connectivity index (χ1) is 12.1. The summed E-state index contributed by atoms with van der Waals surface area (Å²) in [6.07, 6.45) is 2.12. The predicted molar refractivity (Wildman–Crippen MR) is 87.4 cm³/mol. The molecule has 0 aromatic heterocycles. The second-order valence-corrected chi connectivity index (χ2v) is 6.73. The Morgan fingerprint density at radius 1 is 1.12 bits per heavy atom. The van der Waals surface area contributed by atoms with E-state index in [2.05, 4.69) is 0 Å². The molecule has 0 aliphatic carbocycles. The zero-order chi connectivity index (χ0) is 17.4. The summed E-state index contributed by atoms with van der Waals surface area (Å²) in [7, 11) is 0. The largest absolute Gasteiger partial charge is 0.347 e. The van der Waals surface area contributed by atoms with E-state index in [1.54, 1.807) is 17.0 Å². The molecule has 3 fully saturated rings. The number of likely N-dealkylation sites (tertiary alicyclic amines) is 1. The molecule has 6 nitrogen and oxygen atoms in total. The van der Waals surface area contributed by atoms with E-state index >= 15 is 0 Å². The van der Waals surface area contributed by atoms with Crippen LogP contribution in [0.1, 0.15) is 25.7 Å². The third kappa shape index (κ3) is 3.02. The predicted octanol–water partition coefficient (Wildman–Crippen LogP) is 1.69. The topological polar surface area (TPSA) is 59.1 Å². The molecule has 1 atom stereocenters. The number of amides is 2. The minimum absolute atomic E-state index is 0.0528. The highest BCUT2D eigenvalue weighted by Crippen LogP contribution is 2.33. The normalized spacial score (nSPS) is 25.8. The van der Waals surface area contributed by atoms with Gasteiger partial charge >= 0.3 is 0 Å². The van der Waals surface area contributed by atoms with Crippen LogP contribution in [-0.2, 0) is 19.1 Å². The highest BCUT2D eigenvalue weighted by atomic mass is 19.1. The van der Waals surface area contributed by atoms with Gasteiger partial charge in [0.05, 0.1) is 13.2 Å². The molecular weight excluding hydrogens is 327 g/mol. The number of carbonyl (C=O) groups is 2. The summed E-state index contributed by atoms with van der Waals surface area (Å²) in [5, 5.41) is 0. The molecule has 2 amide bonds. The average Bonchev–Trinajstić information content (AvgIpc) is 3.23. The molecule has 0 radical (unpaired) electrons. The molecule has 0 N–H and O–H groups in total. The van der Waals surface area contributed by atoms with Gasteiger partial charge in [0, 0.05) is 38.0 Å². The van der Waals surface area contributed by atoms with E-state index in [1.165, 1.54) is 17.0 Å². The molecule has 3 aliphatic heterocycles. The number of carbonyl (C=O) groups excluding carboxylic acids is 2. The lowest BCUT2D eigenvalue weighted by Crippen LogP contribution is -2.53. The molecule has 3 saturated heterocycles. The summed E-state index contributed by atoms with van der Waals surface area (Å²) in [4.78, 5) is 28.6. The lowest BCUT2D eigenvalue weighted by Gasteiger charge is -2.39. The van der Waals surface area contributed by atoms with Crippen LogP contribution >= 0.6 is 0 Å². The third-order valence-corrected chi connectivity index (χ3v) is 5.25. The molecule has 1 aromatic rings. The van der Waals surface area contributed by atoms with Gasteiger partial charge in [-0.1, -0.05) is 0 Å². The van der Waals surface area contributed by atoms with Crippen LogP contribution in [0.4, 0.5) is 10.1 Å². The molecule has 4 rings (SSSR count). The first kappa shape index (κ1) is 16.5. The maximum Gasteiger partial charge on any atom is 0.245 e. The van der Waals surface area contributed by atoms with Crippen molar-refractivity contribution < 1.29 is 23.5 Å². The molecule has 1 aromatic carbocycles. The Labute approximate surface area is 145 Å². The van der Waals surface area contributed by atoms with Gasteiger partial charge in [0.15, 0.2) is 5.79 Å². The van der Waals surface area contributed by atoms with Crippen molar-refractivity contribution in [2.75, 3.05) is 31.2 Å². The van der Waals surface area contributed by atoms with E-state index in [1.807, 2.05) is 0 Å². The Morgan fingerprint density at radius 2 is 1.76 bits per heavy atom. The first-order valence-corrected chi connectivity index (χ1v) is 8.72. The highest BCUT2D eigenvalue weighted by molar-refractivity contribution is 6.03. The van der Waals surface area contributed by atoms with E-state index in [4.69, 9.17) is 9.47 Å². The highest BCUT2D eigenvalue weighted by Gasteiger charge is 2.44. The maximum absolute atomic E-state index is 13.2. The molecule has 7 heteroatoms. The fourth-order valence-electron chi connectivity index (χ4n) is 3.91. The van der Waals surface area contributed by atoms with Crippen LogP contribution < -0.4 is 4.90 Å². The van der Waals surface area contributed by atoms with Crippen molar-refractivity contribution in [2.24, 2.45) is 0 Å². The van der Waals surface area contributed by atoms with Gasteiger partial charge in [-0.3, -0.25) is 14.5 Å². The number of rotatable bonds is 2. The van der Waals surface area contributed by atoms with E-state index in [9.17, 15) is 14.0 Å². The quantitative estimate of drug-likeness (QED) is 0.816. The standard InChI is InChI=1S/C18H21FN2O4/c19-13-1-3-14(4-2-13)21-15(5-6-16(21)22)17(23)20-9-7-18(8-10-20)24-11-12-25-18/h1-4,15H,5-12H2. The van der Waals surface area contributed by atoms with Crippen molar-refractivity contribution in [3.05, 3.63) is 30.1 Å². The average molecular weight is 348 g/mol. The Morgan fingerprint density at radius 3 is 2.40 bits per heavy atom. The molecule has 3 aliphatic rings. The number of ether oxygens (including phenoxy) is 2. The Kier molecular flexibility index (Phi) is 4.21. The fraction of sp³-hybridized carbons (Fsp3) is 0.556. The molecule has 25 heavy (non-hydrogen) atoms. The smallest absolute Gasteiger partial charge is 0.245 e. The minimum Gasteiger partial charge on any atom is -0.347 e. The van der Waals surface area contributed by atoms with E-state index in [0.717, 1.165) is 0 Å². The van der Waals surface area contributed by atoms with Crippen molar-refractivity contribution in [3.63, 3.8) is 0 Å². The van der Waals surface area contributed by atoms with Gasteiger partial charge in [0.2, 0.25) is 11.8 Å². The summed E-state index contributed by atoms with van der Waals surface area (Å²) < 4.78 is 24.5. The second-order valence-electron chi connectivity index (χ2n) is 6.73. The van der Waals surface area contributed by atoms with Crippen LogP contribution in [0.3, 0.4) is 0 Å². The molecule has 0 bridgehead atoms. The Balaban J connectivity index is 1.47. The van der Waals surface area contributed by atoms with E-state index in [0.29, 0.717) is 57.7 Å². The number of halogens is 1. The van der Waals surface area contributed by atoms with Crippen LogP contribution in [0.2, 0.25) is 0 Å². The number of hydrogen-bond acceptors (Lipinski definition) is 4. The SMILES string of the molecule is O=C(C1CCC(=O)N1c1ccc(F)cc1)N1CCC2(CC1)OCCO2. The summed E-state index contributed by atoms with van der Waals surface area (Å²) in [6.45, 7) is 2.31. The van der Waals surface area contributed by atoms with Gasteiger partial charge in [-0.15, -0.1) is 0 Å². The van der Waals surface area contributed by atoms with Crippen LogP contribution in [0, 0.1) is 5.82 Å². The van der Waals surface area contributed by atoms with Crippen LogP contribution in [-0.4, -0.2) is 54.8 Å². The second kappa shape index (κ2) is 6.38. The van der Waals surface area contributed by atoms with Crippen LogP contribution in [0.15, 0.2) is 24.3 Å².